The van der Waals surface area contributed by atoms with E-state index in [2.05, 4.69) is 6.92 Å². The van der Waals surface area contributed by atoms with Crippen LogP contribution in [0.2, 0.25) is 0 Å². The zero-order chi connectivity index (χ0) is 23.2. The predicted molar refractivity (Wildman–Crippen MR) is 128 cm³/mol. The monoisotopic (exact) mass is 448 g/mol. The quantitative estimate of drug-likeness (QED) is 0.234. The lowest BCUT2D eigenvalue weighted by molar-refractivity contribution is 0.306. The second-order valence-electron chi connectivity index (χ2n) is 8.30. The number of ether oxygens (including phenoxy) is 1. The first-order valence-electron chi connectivity index (χ1n) is 11.4. The van der Waals surface area contributed by atoms with Crippen LogP contribution in [-0.2, 0) is 12.8 Å². The minimum atomic E-state index is -0.880. The minimum absolute atomic E-state index is 0.266. The van der Waals surface area contributed by atoms with Crippen LogP contribution in [0.3, 0.4) is 0 Å². The van der Waals surface area contributed by atoms with Gasteiger partial charge in [0, 0.05) is 5.39 Å². The molecule has 0 fully saturated rings. The lowest BCUT2D eigenvalue weighted by atomic mass is 9.97. The van der Waals surface area contributed by atoms with Gasteiger partial charge in [-0.05, 0) is 77.2 Å². The SMILES string of the molecule is CCCCCOc1ccc(-c2ccc3c(F)c(CCc4ccc(F)c(F)c4)ccc3c2)cc1. The summed E-state index contributed by atoms with van der Waals surface area (Å²) in [5.41, 5.74) is 3.25. The molecule has 0 aromatic heterocycles. The van der Waals surface area contributed by atoms with Gasteiger partial charge in [0.25, 0.3) is 0 Å². The Labute approximate surface area is 192 Å². The van der Waals surface area contributed by atoms with Crippen molar-refractivity contribution in [3.05, 3.63) is 101 Å². The molecule has 0 amide bonds. The highest BCUT2D eigenvalue weighted by Gasteiger charge is 2.10. The molecular formula is C29H27F3O. The second kappa shape index (κ2) is 10.6. The van der Waals surface area contributed by atoms with Crippen molar-refractivity contribution in [1.29, 1.82) is 0 Å². The van der Waals surface area contributed by atoms with Crippen LogP contribution < -0.4 is 4.74 Å². The lowest BCUT2D eigenvalue weighted by Gasteiger charge is -2.10. The summed E-state index contributed by atoms with van der Waals surface area (Å²) in [6, 6.07) is 21.2. The molecule has 0 bridgehead atoms. The fraction of sp³-hybridized carbons (Fsp3) is 0.241. The van der Waals surface area contributed by atoms with Gasteiger partial charge in [0.1, 0.15) is 11.6 Å². The fourth-order valence-electron chi connectivity index (χ4n) is 3.97. The number of halogens is 3. The third kappa shape index (κ3) is 5.57. The Kier molecular flexibility index (Phi) is 7.33. The Bertz CT molecular complexity index is 1230. The molecule has 170 valence electrons. The molecule has 0 unspecified atom stereocenters. The van der Waals surface area contributed by atoms with Gasteiger partial charge in [0.05, 0.1) is 6.61 Å². The van der Waals surface area contributed by atoms with E-state index in [4.69, 9.17) is 4.74 Å². The van der Waals surface area contributed by atoms with E-state index < -0.39 is 11.6 Å². The summed E-state index contributed by atoms with van der Waals surface area (Å²) in [4.78, 5) is 0. The summed E-state index contributed by atoms with van der Waals surface area (Å²) in [6.45, 7) is 2.89. The summed E-state index contributed by atoms with van der Waals surface area (Å²) >= 11 is 0. The maximum atomic E-state index is 15.1. The van der Waals surface area contributed by atoms with Gasteiger partial charge >= 0.3 is 0 Å². The number of hydrogen-bond donors (Lipinski definition) is 0. The summed E-state index contributed by atoms with van der Waals surface area (Å²) in [7, 11) is 0. The van der Waals surface area contributed by atoms with E-state index in [0.717, 1.165) is 47.8 Å². The molecule has 0 aliphatic carbocycles. The molecule has 4 heteroatoms. The minimum Gasteiger partial charge on any atom is -0.494 e. The third-order valence-electron chi connectivity index (χ3n) is 5.91. The van der Waals surface area contributed by atoms with E-state index in [-0.39, 0.29) is 5.82 Å². The highest BCUT2D eigenvalue weighted by molar-refractivity contribution is 5.88. The smallest absolute Gasteiger partial charge is 0.159 e. The van der Waals surface area contributed by atoms with E-state index in [9.17, 15) is 8.78 Å². The van der Waals surface area contributed by atoms with Gasteiger partial charge in [-0.1, -0.05) is 62.2 Å². The van der Waals surface area contributed by atoms with Crippen molar-refractivity contribution in [3.63, 3.8) is 0 Å². The first-order chi connectivity index (χ1) is 16.0. The molecular weight excluding hydrogens is 421 g/mol. The van der Waals surface area contributed by atoms with E-state index in [1.165, 1.54) is 18.6 Å². The van der Waals surface area contributed by atoms with Crippen molar-refractivity contribution in [2.24, 2.45) is 0 Å². The van der Waals surface area contributed by atoms with Crippen LogP contribution in [0, 0.1) is 17.5 Å². The molecule has 0 saturated carbocycles. The van der Waals surface area contributed by atoms with E-state index in [1.54, 1.807) is 12.1 Å². The van der Waals surface area contributed by atoms with E-state index in [1.807, 2.05) is 42.5 Å². The average molecular weight is 449 g/mol. The van der Waals surface area contributed by atoms with E-state index in [0.29, 0.717) is 29.4 Å². The summed E-state index contributed by atoms with van der Waals surface area (Å²) < 4.78 is 47.4. The van der Waals surface area contributed by atoms with Crippen LogP contribution in [0.15, 0.2) is 72.8 Å². The van der Waals surface area contributed by atoms with Crippen LogP contribution in [0.5, 0.6) is 5.75 Å². The van der Waals surface area contributed by atoms with Crippen LogP contribution >= 0.6 is 0 Å². The van der Waals surface area contributed by atoms with Crippen LogP contribution in [-0.4, -0.2) is 6.61 Å². The van der Waals surface area contributed by atoms with Gasteiger partial charge in [-0.3, -0.25) is 0 Å². The Hall–Kier alpha value is -3.27. The number of rotatable bonds is 9. The largest absolute Gasteiger partial charge is 0.494 e. The Balaban J connectivity index is 1.47. The first kappa shape index (κ1) is 22.9. The molecule has 0 N–H and O–H groups in total. The number of hydrogen-bond acceptors (Lipinski definition) is 1. The zero-order valence-corrected chi connectivity index (χ0v) is 18.7. The third-order valence-corrected chi connectivity index (χ3v) is 5.91. The number of fused-ring (bicyclic) bond motifs is 1. The molecule has 0 atom stereocenters. The number of aryl methyl sites for hydroxylation is 2. The first-order valence-corrected chi connectivity index (χ1v) is 11.4. The van der Waals surface area contributed by atoms with Gasteiger partial charge in [0.2, 0.25) is 0 Å². The van der Waals surface area contributed by atoms with Crippen molar-refractivity contribution in [3.8, 4) is 16.9 Å². The highest BCUT2D eigenvalue weighted by atomic mass is 19.2. The molecule has 4 rings (SSSR count). The zero-order valence-electron chi connectivity index (χ0n) is 18.7. The van der Waals surface area contributed by atoms with Crippen molar-refractivity contribution >= 4 is 10.8 Å². The normalized spacial score (nSPS) is 11.2. The van der Waals surface area contributed by atoms with Gasteiger partial charge < -0.3 is 4.74 Å². The second-order valence-corrected chi connectivity index (χ2v) is 8.30. The van der Waals surface area contributed by atoms with Crippen molar-refractivity contribution in [2.75, 3.05) is 6.61 Å². The van der Waals surface area contributed by atoms with Crippen molar-refractivity contribution in [2.45, 2.75) is 39.0 Å². The molecule has 0 aliphatic heterocycles. The van der Waals surface area contributed by atoms with Gasteiger partial charge in [0.15, 0.2) is 11.6 Å². The standard InChI is InChI=1S/C29H27F3O/c1-2-3-4-17-33-25-13-10-21(11-14-25)23-12-15-26-24(19-23)9-8-22(29(26)32)7-5-20-6-16-27(30)28(31)18-20/h6,8-16,18-19H,2-5,7,17H2,1H3. The number of benzene rings is 4. The molecule has 1 nitrogen and oxygen atoms in total. The van der Waals surface area contributed by atoms with Gasteiger partial charge in [-0.2, -0.15) is 0 Å². The maximum Gasteiger partial charge on any atom is 0.159 e. The Morgan fingerprint density at radius 3 is 2.24 bits per heavy atom. The van der Waals surface area contributed by atoms with Crippen molar-refractivity contribution in [1.82, 2.24) is 0 Å². The topological polar surface area (TPSA) is 9.23 Å². The van der Waals surface area contributed by atoms with Crippen molar-refractivity contribution < 1.29 is 17.9 Å². The lowest BCUT2D eigenvalue weighted by Crippen LogP contribution is -1.97. The molecule has 0 aliphatic rings. The molecule has 33 heavy (non-hydrogen) atoms. The number of unbranched alkanes of at least 4 members (excludes halogenated alkanes) is 2. The average Bonchev–Trinajstić information content (AvgIpc) is 2.84. The van der Waals surface area contributed by atoms with E-state index >= 15 is 4.39 Å². The molecule has 4 aromatic rings. The maximum absolute atomic E-state index is 15.1. The molecule has 0 saturated heterocycles. The van der Waals surface area contributed by atoms with Crippen LogP contribution in [0.1, 0.15) is 37.3 Å². The Morgan fingerprint density at radius 2 is 1.48 bits per heavy atom. The predicted octanol–water partition coefficient (Wildman–Crippen LogP) is 8.28. The highest BCUT2D eigenvalue weighted by Crippen LogP contribution is 2.29. The van der Waals surface area contributed by atoms with Gasteiger partial charge in [-0.15, -0.1) is 0 Å². The van der Waals surface area contributed by atoms with Crippen LogP contribution in [0.25, 0.3) is 21.9 Å². The fourth-order valence-corrected chi connectivity index (χ4v) is 3.97. The summed E-state index contributed by atoms with van der Waals surface area (Å²) in [5, 5.41) is 1.37. The molecule has 0 radical (unpaired) electrons. The summed E-state index contributed by atoms with van der Waals surface area (Å²) in [6.07, 6.45) is 4.23. The molecule has 0 heterocycles. The van der Waals surface area contributed by atoms with Gasteiger partial charge in [-0.25, -0.2) is 13.2 Å². The molecule has 0 spiro atoms. The Morgan fingerprint density at radius 1 is 0.697 bits per heavy atom. The van der Waals surface area contributed by atoms with Crippen LogP contribution in [0.4, 0.5) is 13.2 Å². The molecule has 4 aromatic carbocycles. The summed E-state index contributed by atoms with van der Waals surface area (Å²) in [5.74, 6) is -1.17.